The maximum absolute atomic E-state index is 12.9. The van der Waals surface area contributed by atoms with E-state index in [1.54, 1.807) is 7.11 Å². The lowest BCUT2D eigenvalue weighted by atomic mass is 9.93. The molecule has 3 aromatic rings. The topological polar surface area (TPSA) is 42.4 Å². The number of benzene rings is 2. The molecule has 1 aliphatic rings. The van der Waals surface area contributed by atoms with E-state index >= 15 is 0 Å². The van der Waals surface area contributed by atoms with Gasteiger partial charge in [0.25, 0.3) is 0 Å². The summed E-state index contributed by atoms with van der Waals surface area (Å²) in [7, 11) is 1.65. The molecule has 2 aromatic carbocycles. The number of carbonyl (C=O) groups excluding carboxylic acids is 1. The maximum Gasteiger partial charge on any atom is 0.227 e. The lowest BCUT2D eigenvalue weighted by Gasteiger charge is -2.32. The highest BCUT2D eigenvalue weighted by molar-refractivity contribution is 5.79. The van der Waals surface area contributed by atoms with E-state index in [0.29, 0.717) is 12.3 Å². The molecular weight excluding hydrogens is 372 g/mol. The molecule has 1 atom stereocenters. The van der Waals surface area contributed by atoms with Crippen molar-refractivity contribution in [2.45, 2.75) is 31.6 Å². The number of nitrogens with zero attached hydrogens (tertiary/aromatic N) is 2. The van der Waals surface area contributed by atoms with Gasteiger partial charge in [-0.3, -0.25) is 9.78 Å². The van der Waals surface area contributed by atoms with Gasteiger partial charge in [-0.1, -0.05) is 48.5 Å². The Bertz CT molecular complexity index is 970. The zero-order valence-corrected chi connectivity index (χ0v) is 17.5. The van der Waals surface area contributed by atoms with Crippen LogP contribution in [0.2, 0.25) is 0 Å². The van der Waals surface area contributed by atoms with Crippen LogP contribution in [0, 0.1) is 0 Å². The number of methoxy groups -OCH3 is 1. The molecule has 154 valence electrons. The van der Waals surface area contributed by atoms with Gasteiger partial charge in [-0.15, -0.1) is 0 Å². The Labute approximate surface area is 178 Å². The van der Waals surface area contributed by atoms with E-state index in [-0.39, 0.29) is 5.91 Å². The number of hydrogen-bond donors (Lipinski definition) is 0. The first-order chi connectivity index (χ1) is 14.7. The van der Waals surface area contributed by atoms with Crippen LogP contribution in [0.25, 0.3) is 0 Å². The van der Waals surface area contributed by atoms with Gasteiger partial charge in [0.2, 0.25) is 5.91 Å². The number of amides is 1. The molecule has 0 spiro atoms. The second-order valence-corrected chi connectivity index (χ2v) is 7.92. The van der Waals surface area contributed by atoms with Gasteiger partial charge < -0.3 is 9.64 Å². The van der Waals surface area contributed by atoms with Gasteiger partial charge in [0.05, 0.1) is 13.5 Å². The van der Waals surface area contributed by atoms with Gasteiger partial charge in [0.1, 0.15) is 5.75 Å². The molecule has 0 radical (unpaired) electrons. The Morgan fingerprint density at radius 2 is 1.80 bits per heavy atom. The third kappa shape index (κ3) is 5.07. The summed E-state index contributed by atoms with van der Waals surface area (Å²) >= 11 is 0. The summed E-state index contributed by atoms with van der Waals surface area (Å²) in [6.45, 7) is 1.58. The van der Waals surface area contributed by atoms with E-state index < -0.39 is 0 Å². The lowest BCUT2D eigenvalue weighted by molar-refractivity contribution is -0.131. The minimum absolute atomic E-state index is 0.185. The molecule has 1 amide bonds. The van der Waals surface area contributed by atoms with Crippen LogP contribution >= 0.6 is 0 Å². The smallest absolute Gasteiger partial charge is 0.227 e. The number of ether oxygens (including phenoxy) is 1. The number of aromatic nitrogens is 1. The van der Waals surface area contributed by atoms with E-state index in [0.717, 1.165) is 55.1 Å². The monoisotopic (exact) mass is 400 g/mol. The molecule has 4 rings (SSSR count). The minimum Gasteiger partial charge on any atom is -0.497 e. The number of likely N-dealkylation sites (tertiary alicyclic amines) is 1. The first-order valence-electron chi connectivity index (χ1n) is 10.6. The van der Waals surface area contributed by atoms with Crippen molar-refractivity contribution in [3.8, 4) is 5.75 Å². The van der Waals surface area contributed by atoms with Crippen molar-refractivity contribution in [2.75, 3.05) is 20.2 Å². The Morgan fingerprint density at radius 3 is 2.57 bits per heavy atom. The van der Waals surface area contributed by atoms with E-state index in [1.807, 2.05) is 35.2 Å². The van der Waals surface area contributed by atoms with Crippen LogP contribution < -0.4 is 4.74 Å². The number of hydrogen-bond acceptors (Lipinski definition) is 3. The molecule has 4 nitrogen and oxygen atoms in total. The summed E-state index contributed by atoms with van der Waals surface area (Å²) in [6, 6.07) is 24.5. The van der Waals surface area contributed by atoms with Crippen molar-refractivity contribution < 1.29 is 9.53 Å². The van der Waals surface area contributed by atoms with Gasteiger partial charge in [-0.2, -0.15) is 0 Å². The Balaban J connectivity index is 1.40. The van der Waals surface area contributed by atoms with Crippen molar-refractivity contribution >= 4 is 5.91 Å². The zero-order chi connectivity index (χ0) is 20.8. The standard InChI is InChI=1S/C26H28N2O2/c1-30-24-14-12-21(13-15-24)18-26(29)28-16-6-9-22(19-28)25-11-5-10-23(27-25)17-20-7-3-2-4-8-20/h2-5,7-8,10-15,22H,6,9,16-19H2,1H3/t22-/m0/s1. The molecule has 0 bridgehead atoms. The van der Waals surface area contributed by atoms with E-state index in [9.17, 15) is 4.79 Å². The average Bonchev–Trinajstić information content (AvgIpc) is 2.80. The molecule has 30 heavy (non-hydrogen) atoms. The zero-order valence-electron chi connectivity index (χ0n) is 17.5. The SMILES string of the molecule is COc1ccc(CC(=O)N2CCC[C@H](c3cccc(Cc4ccccc4)n3)C2)cc1. The Kier molecular flexibility index (Phi) is 6.43. The van der Waals surface area contributed by atoms with Gasteiger partial charge >= 0.3 is 0 Å². The van der Waals surface area contributed by atoms with Crippen LogP contribution in [0.5, 0.6) is 5.75 Å². The Hall–Kier alpha value is -3.14. The molecule has 0 unspecified atom stereocenters. The summed E-state index contributed by atoms with van der Waals surface area (Å²) in [4.78, 5) is 19.8. The summed E-state index contributed by atoms with van der Waals surface area (Å²) in [6.07, 6.45) is 3.36. The van der Waals surface area contributed by atoms with Crippen LogP contribution in [0.4, 0.5) is 0 Å². The average molecular weight is 401 g/mol. The van der Waals surface area contributed by atoms with Crippen LogP contribution in [-0.4, -0.2) is 36.0 Å². The summed E-state index contributed by atoms with van der Waals surface area (Å²) < 4.78 is 5.20. The molecule has 0 aliphatic carbocycles. The second kappa shape index (κ2) is 9.57. The van der Waals surface area contributed by atoms with Crippen molar-refractivity contribution in [2.24, 2.45) is 0 Å². The Morgan fingerprint density at radius 1 is 1.00 bits per heavy atom. The van der Waals surface area contributed by atoms with E-state index in [2.05, 4.69) is 42.5 Å². The summed E-state index contributed by atoms with van der Waals surface area (Å²) in [5.74, 6) is 1.30. The van der Waals surface area contributed by atoms with Crippen LogP contribution in [0.3, 0.4) is 0 Å². The van der Waals surface area contributed by atoms with Gasteiger partial charge in [-0.05, 0) is 48.2 Å². The third-order valence-corrected chi connectivity index (χ3v) is 5.76. The molecule has 1 fully saturated rings. The van der Waals surface area contributed by atoms with E-state index in [4.69, 9.17) is 9.72 Å². The molecule has 1 saturated heterocycles. The van der Waals surface area contributed by atoms with Crippen LogP contribution in [-0.2, 0) is 17.6 Å². The first-order valence-corrected chi connectivity index (χ1v) is 10.6. The normalized spacial score (nSPS) is 16.3. The van der Waals surface area contributed by atoms with Crippen LogP contribution in [0.15, 0.2) is 72.8 Å². The van der Waals surface area contributed by atoms with Gasteiger partial charge in [-0.25, -0.2) is 0 Å². The quantitative estimate of drug-likeness (QED) is 0.606. The number of carbonyl (C=O) groups is 1. The highest BCUT2D eigenvalue weighted by Gasteiger charge is 2.25. The number of rotatable bonds is 6. The van der Waals surface area contributed by atoms with Crippen molar-refractivity contribution in [1.82, 2.24) is 9.88 Å². The highest BCUT2D eigenvalue weighted by Crippen LogP contribution is 2.26. The highest BCUT2D eigenvalue weighted by atomic mass is 16.5. The largest absolute Gasteiger partial charge is 0.497 e. The van der Waals surface area contributed by atoms with Crippen LogP contribution in [0.1, 0.15) is 41.3 Å². The van der Waals surface area contributed by atoms with Gasteiger partial charge in [0.15, 0.2) is 0 Å². The molecular formula is C26H28N2O2. The maximum atomic E-state index is 12.9. The predicted molar refractivity (Wildman–Crippen MR) is 119 cm³/mol. The molecule has 4 heteroatoms. The molecule has 1 aliphatic heterocycles. The molecule has 1 aromatic heterocycles. The number of pyridine rings is 1. The summed E-state index contributed by atoms with van der Waals surface area (Å²) in [5.41, 5.74) is 4.47. The fourth-order valence-electron chi connectivity index (χ4n) is 4.10. The predicted octanol–water partition coefficient (Wildman–Crippen LogP) is 4.63. The lowest BCUT2D eigenvalue weighted by Crippen LogP contribution is -2.40. The first kappa shape index (κ1) is 20.1. The van der Waals surface area contributed by atoms with Gasteiger partial charge in [0, 0.05) is 36.8 Å². The molecule has 0 N–H and O–H groups in total. The number of piperidine rings is 1. The second-order valence-electron chi connectivity index (χ2n) is 7.92. The minimum atomic E-state index is 0.185. The van der Waals surface area contributed by atoms with Crippen molar-refractivity contribution in [3.05, 3.63) is 95.3 Å². The van der Waals surface area contributed by atoms with Crippen molar-refractivity contribution in [1.29, 1.82) is 0 Å². The fraction of sp³-hybridized carbons (Fsp3) is 0.308. The third-order valence-electron chi connectivity index (χ3n) is 5.76. The molecule has 2 heterocycles. The van der Waals surface area contributed by atoms with Crippen molar-refractivity contribution in [3.63, 3.8) is 0 Å². The fourth-order valence-corrected chi connectivity index (χ4v) is 4.10. The van der Waals surface area contributed by atoms with E-state index in [1.165, 1.54) is 5.56 Å². The summed E-state index contributed by atoms with van der Waals surface area (Å²) in [5, 5.41) is 0. The molecule has 0 saturated carbocycles.